The molecule has 7 heteroatoms. The lowest BCUT2D eigenvalue weighted by molar-refractivity contribution is 0.0386. The molecule has 0 aliphatic carbocycles. The smallest absolute Gasteiger partial charge is 0.191 e. The lowest BCUT2D eigenvalue weighted by Gasteiger charge is -2.24. The van der Waals surface area contributed by atoms with E-state index in [2.05, 4.69) is 35.7 Å². The number of aliphatic hydroxyl groups is 1. The van der Waals surface area contributed by atoms with Crippen LogP contribution in [0, 0.1) is 0 Å². The molecule has 0 bridgehead atoms. The summed E-state index contributed by atoms with van der Waals surface area (Å²) in [7, 11) is 0. The largest absolute Gasteiger partial charge is 0.466 e. The number of halogens is 1. The number of nitrogens with one attached hydrogen (secondary N) is 2. The molecule has 128 valence electrons. The van der Waals surface area contributed by atoms with Crippen LogP contribution < -0.4 is 10.6 Å². The van der Waals surface area contributed by atoms with Crippen molar-refractivity contribution in [2.75, 3.05) is 25.9 Å². The minimum Gasteiger partial charge on any atom is -0.466 e. The molecule has 22 heavy (non-hydrogen) atoms. The Morgan fingerprint density at radius 2 is 2.05 bits per heavy atom. The summed E-state index contributed by atoms with van der Waals surface area (Å²) in [5, 5.41) is 16.8. The van der Waals surface area contributed by atoms with E-state index in [9.17, 15) is 5.11 Å². The van der Waals surface area contributed by atoms with Crippen LogP contribution in [0.3, 0.4) is 0 Å². The highest BCUT2D eigenvalue weighted by Crippen LogP contribution is 2.21. The van der Waals surface area contributed by atoms with E-state index in [1.54, 1.807) is 37.1 Å². The lowest BCUT2D eigenvalue weighted by atomic mass is 10.0. The molecule has 0 saturated heterocycles. The third-order valence-electron chi connectivity index (χ3n) is 3.17. The zero-order chi connectivity index (χ0) is 15.9. The van der Waals surface area contributed by atoms with Crippen LogP contribution in [-0.4, -0.2) is 41.7 Å². The van der Waals surface area contributed by atoms with Gasteiger partial charge in [-0.2, -0.15) is 11.8 Å². The monoisotopic (exact) mass is 441 g/mol. The summed E-state index contributed by atoms with van der Waals surface area (Å²) in [5.41, 5.74) is -1.07. The van der Waals surface area contributed by atoms with Gasteiger partial charge in [0.2, 0.25) is 0 Å². The van der Waals surface area contributed by atoms with Crippen molar-refractivity contribution >= 4 is 41.7 Å². The van der Waals surface area contributed by atoms with E-state index >= 15 is 0 Å². The first-order valence-corrected chi connectivity index (χ1v) is 8.37. The summed E-state index contributed by atoms with van der Waals surface area (Å²) in [5.74, 6) is 1.24. The van der Waals surface area contributed by atoms with Crippen LogP contribution in [-0.2, 0) is 5.60 Å². The van der Waals surface area contributed by atoms with Crippen LogP contribution in [0.1, 0.15) is 33.5 Å². The number of guanidine groups is 1. The normalized spacial score (nSPS) is 14.9. The molecule has 1 aromatic rings. The first kappa shape index (κ1) is 21.6. The molecule has 0 aliphatic heterocycles. The van der Waals surface area contributed by atoms with Gasteiger partial charge in [0.25, 0.3) is 0 Å². The summed E-state index contributed by atoms with van der Waals surface area (Å²) >= 11 is 1.78. The van der Waals surface area contributed by atoms with Crippen LogP contribution in [0.5, 0.6) is 0 Å². The SMILES string of the molecule is CCNC(=NCC(C)(C)SC)NCC(C)(O)c1ccco1.I. The van der Waals surface area contributed by atoms with E-state index in [4.69, 9.17) is 4.42 Å². The average molecular weight is 441 g/mol. The highest BCUT2D eigenvalue weighted by Gasteiger charge is 2.26. The van der Waals surface area contributed by atoms with Gasteiger partial charge >= 0.3 is 0 Å². The number of furan rings is 1. The Morgan fingerprint density at radius 3 is 2.55 bits per heavy atom. The van der Waals surface area contributed by atoms with Crippen molar-refractivity contribution in [1.82, 2.24) is 10.6 Å². The van der Waals surface area contributed by atoms with E-state index < -0.39 is 5.60 Å². The van der Waals surface area contributed by atoms with Gasteiger partial charge in [-0.1, -0.05) is 0 Å². The first-order chi connectivity index (χ1) is 9.80. The van der Waals surface area contributed by atoms with Gasteiger partial charge in [-0.25, -0.2) is 0 Å². The molecule has 0 aromatic carbocycles. The van der Waals surface area contributed by atoms with Gasteiger partial charge in [0, 0.05) is 11.3 Å². The molecule has 1 heterocycles. The van der Waals surface area contributed by atoms with E-state index in [1.165, 1.54) is 0 Å². The zero-order valence-electron chi connectivity index (χ0n) is 14.0. The fourth-order valence-electron chi connectivity index (χ4n) is 1.60. The Hall–Kier alpha value is -0.410. The minimum absolute atomic E-state index is 0. The Labute approximate surface area is 154 Å². The number of hydrogen-bond acceptors (Lipinski definition) is 4. The van der Waals surface area contributed by atoms with Crippen molar-refractivity contribution in [2.24, 2.45) is 4.99 Å². The summed E-state index contributed by atoms with van der Waals surface area (Å²) in [6, 6.07) is 3.53. The fourth-order valence-corrected chi connectivity index (χ4v) is 1.80. The molecule has 1 aromatic heterocycles. The Balaban J connectivity index is 0.00000441. The van der Waals surface area contributed by atoms with E-state index in [-0.39, 0.29) is 28.7 Å². The van der Waals surface area contributed by atoms with E-state index in [0.717, 1.165) is 6.54 Å². The maximum Gasteiger partial charge on any atom is 0.191 e. The van der Waals surface area contributed by atoms with Gasteiger partial charge in [0.1, 0.15) is 11.4 Å². The molecular formula is C15H28IN3O2S. The number of aliphatic imine (C=N–C) groups is 1. The molecule has 1 atom stereocenters. The quantitative estimate of drug-likeness (QED) is 0.345. The highest BCUT2D eigenvalue weighted by atomic mass is 127. The van der Waals surface area contributed by atoms with Crippen molar-refractivity contribution in [3.63, 3.8) is 0 Å². The lowest BCUT2D eigenvalue weighted by Crippen LogP contribution is -2.45. The predicted molar refractivity (Wildman–Crippen MR) is 105 cm³/mol. The maximum atomic E-state index is 10.4. The van der Waals surface area contributed by atoms with Gasteiger partial charge in [0.05, 0.1) is 19.4 Å². The van der Waals surface area contributed by atoms with Gasteiger partial charge in [-0.05, 0) is 46.1 Å². The third kappa shape index (κ3) is 7.23. The van der Waals surface area contributed by atoms with Crippen molar-refractivity contribution in [3.8, 4) is 0 Å². The summed E-state index contributed by atoms with van der Waals surface area (Å²) in [4.78, 5) is 4.57. The Bertz CT molecular complexity index is 448. The van der Waals surface area contributed by atoms with Crippen molar-refractivity contribution < 1.29 is 9.52 Å². The van der Waals surface area contributed by atoms with Crippen LogP contribution in [0.2, 0.25) is 0 Å². The van der Waals surface area contributed by atoms with Crippen LogP contribution in [0.15, 0.2) is 27.8 Å². The molecule has 5 nitrogen and oxygen atoms in total. The molecule has 1 rings (SSSR count). The second-order valence-corrected chi connectivity index (χ2v) is 7.28. The summed E-state index contributed by atoms with van der Waals surface area (Å²) < 4.78 is 5.36. The Morgan fingerprint density at radius 1 is 1.36 bits per heavy atom. The van der Waals surface area contributed by atoms with Gasteiger partial charge < -0.3 is 20.2 Å². The number of hydrogen-bond donors (Lipinski definition) is 3. The number of thioether (sulfide) groups is 1. The first-order valence-electron chi connectivity index (χ1n) is 7.14. The van der Waals surface area contributed by atoms with Crippen molar-refractivity contribution in [2.45, 2.75) is 38.0 Å². The van der Waals surface area contributed by atoms with Gasteiger partial charge in [0.15, 0.2) is 5.96 Å². The van der Waals surface area contributed by atoms with Crippen molar-refractivity contribution in [1.29, 1.82) is 0 Å². The third-order valence-corrected chi connectivity index (χ3v) is 4.40. The second kappa shape index (κ2) is 9.67. The van der Waals surface area contributed by atoms with Gasteiger partial charge in [-0.15, -0.1) is 24.0 Å². The van der Waals surface area contributed by atoms with E-state index in [0.29, 0.717) is 24.8 Å². The second-order valence-electron chi connectivity index (χ2n) is 5.76. The minimum atomic E-state index is -1.07. The molecule has 0 aliphatic rings. The molecule has 0 saturated carbocycles. The molecule has 0 amide bonds. The van der Waals surface area contributed by atoms with Gasteiger partial charge in [-0.3, -0.25) is 4.99 Å². The standard InChI is InChI=1S/C15H27N3O2S.HI/c1-6-16-13(17-10-14(2,3)21-5)18-11-15(4,19)12-8-7-9-20-12;/h7-9,19H,6,10-11H2,1-5H3,(H2,16,17,18);1H. The maximum absolute atomic E-state index is 10.4. The molecule has 0 spiro atoms. The molecule has 3 N–H and O–H groups in total. The van der Waals surface area contributed by atoms with Crippen LogP contribution in [0.25, 0.3) is 0 Å². The molecule has 0 radical (unpaired) electrons. The van der Waals surface area contributed by atoms with E-state index in [1.807, 2.05) is 6.92 Å². The summed E-state index contributed by atoms with van der Waals surface area (Å²) in [6.07, 6.45) is 3.64. The fraction of sp³-hybridized carbons (Fsp3) is 0.667. The Kier molecular flexibility index (Phi) is 9.49. The number of rotatable bonds is 7. The number of nitrogens with zero attached hydrogens (tertiary/aromatic N) is 1. The molecule has 1 unspecified atom stereocenters. The zero-order valence-corrected chi connectivity index (χ0v) is 17.1. The predicted octanol–water partition coefficient (Wildman–Crippen LogP) is 2.80. The highest BCUT2D eigenvalue weighted by molar-refractivity contribution is 14.0. The molecule has 0 fully saturated rings. The van der Waals surface area contributed by atoms with Crippen LogP contribution in [0.4, 0.5) is 0 Å². The topological polar surface area (TPSA) is 69.8 Å². The van der Waals surface area contributed by atoms with Crippen molar-refractivity contribution in [3.05, 3.63) is 24.2 Å². The van der Waals surface area contributed by atoms with Crippen LogP contribution >= 0.6 is 35.7 Å². The molecular weight excluding hydrogens is 413 g/mol. The summed E-state index contributed by atoms with van der Waals surface area (Å²) in [6.45, 7) is 9.84. The average Bonchev–Trinajstić information content (AvgIpc) is 2.97.